The fourth-order valence-electron chi connectivity index (χ4n) is 1.83. The van der Waals surface area contributed by atoms with E-state index in [-0.39, 0.29) is 18.4 Å². The van der Waals surface area contributed by atoms with Crippen LogP contribution in [0.2, 0.25) is 5.02 Å². The molecule has 1 aromatic carbocycles. The molecule has 2 amide bonds. The lowest BCUT2D eigenvalue weighted by molar-refractivity contribution is 0.189. The molecule has 2 N–H and O–H groups in total. The minimum Gasteiger partial charge on any atom is -0.334 e. The molecule has 0 unspecified atom stereocenters. The van der Waals surface area contributed by atoms with Gasteiger partial charge in [0.25, 0.3) is 0 Å². The van der Waals surface area contributed by atoms with Crippen LogP contribution in [0.4, 0.5) is 9.18 Å². The highest BCUT2D eigenvalue weighted by Gasteiger charge is 2.15. The Bertz CT molecular complexity index is 435. The van der Waals surface area contributed by atoms with Crippen LogP contribution >= 0.6 is 11.6 Å². The molecule has 0 spiro atoms. The van der Waals surface area contributed by atoms with E-state index in [1.54, 1.807) is 4.90 Å². The number of hydrogen-bond acceptors (Lipinski definition) is 2. The molecular formula is C12H15ClFN3O. The fraction of sp³-hybridized carbons (Fsp3) is 0.417. The van der Waals surface area contributed by atoms with Crippen LogP contribution in [0.1, 0.15) is 5.56 Å². The van der Waals surface area contributed by atoms with Crippen LogP contribution < -0.4 is 10.6 Å². The van der Waals surface area contributed by atoms with Gasteiger partial charge in [-0.15, -0.1) is 0 Å². The molecule has 4 nitrogen and oxygen atoms in total. The van der Waals surface area contributed by atoms with E-state index < -0.39 is 0 Å². The Morgan fingerprint density at radius 1 is 1.44 bits per heavy atom. The molecule has 1 aliphatic rings. The summed E-state index contributed by atoms with van der Waals surface area (Å²) < 4.78 is 13.4. The highest BCUT2D eigenvalue weighted by atomic mass is 35.5. The van der Waals surface area contributed by atoms with Gasteiger partial charge >= 0.3 is 6.03 Å². The first-order valence-corrected chi connectivity index (χ1v) is 6.22. The summed E-state index contributed by atoms with van der Waals surface area (Å²) in [5.74, 6) is -0.361. The number of nitrogens with zero attached hydrogens (tertiary/aromatic N) is 1. The smallest absolute Gasteiger partial charge is 0.317 e. The van der Waals surface area contributed by atoms with Crippen molar-refractivity contribution in [3.8, 4) is 0 Å². The number of carbonyl (C=O) groups excluding carboxylic acids is 1. The number of amides is 2. The molecule has 1 saturated heterocycles. The van der Waals surface area contributed by atoms with Crippen molar-refractivity contribution >= 4 is 17.6 Å². The van der Waals surface area contributed by atoms with Gasteiger partial charge in [-0.2, -0.15) is 0 Å². The molecule has 1 aromatic rings. The average Bonchev–Trinajstić information content (AvgIpc) is 2.40. The van der Waals surface area contributed by atoms with E-state index in [1.807, 2.05) is 0 Å². The van der Waals surface area contributed by atoms with Gasteiger partial charge in [0, 0.05) is 43.3 Å². The summed E-state index contributed by atoms with van der Waals surface area (Å²) in [6.07, 6.45) is 0. The quantitative estimate of drug-likeness (QED) is 0.858. The second kappa shape index (κ2) is 6.02. The lowest BCUT2D eigenvalue weighted by Crippen LogP contribution is -2.50. The maximum absolute atomic E-state index is 13.4. The van der Waals surface area contributed by atoms with Crippen LogP contribution in [0.15, 0.2) is 18.2 Å². The van der Waals surface area contributed by atoms with Crippen LogP contribution in [0.3, 0.4) is 0 Å². The maximum atomic E-state index is 13.4. The predicted molar refractivity (Wildman–Crippen MR) is 68.1 cm³/mol. The van der Waals surface area contributed by atoms with Gasteiger partial charge < -0.3 is 15.5 Å². The van der Waals surface area contributed by atoms with Crippen molar-refractivity contribution < 1.29 is 9.18 Å². The second-order valence-electron chi connectivity index (χ2n) is 4.13. The van der Waals surface area contributed by atoms with Gasteiger partial charge in [-0.1, -0.05) is 11.6 Å². The zero-order valence-electron chi connectivity index (χ0n) is 9.88. The van der Waals surface area contributed by atoms with Crippen molar-refractivity contribution in [2.24, 2.45) is 0 Å². The van der Waals surface area contributed by atoms with E-state index in [2.05, 4.69) is 10.6 Å². The van der Waals surface area contributed by atoms with E-state index >= 15 is 0 Å². The molecule has 1 heterocycles. The van der Waals surface area contributed by atoms with Crippen LogP contribution in [-0.2, 0) is 6.54 Å². The normalized spacial score (nSPS) is 15.6. The Morgan fingerprint density at radius 2 is 2.17 bits per heavy atom. The van der Waals surface area contributed by atoms with Crippen LogP contribution in [-0.4, -0.2) is 37.1 Å². The minimum atomic E-state index is -0.361. The molecule has 0 atom stereocenters. The first kappa shape index (κ1) is 13.1. The van der Waals surface area contributed by atoms with Gasteiger partial charge in [-0.3, -0.25) is 0 Å². The number of benzene rings is 1. The molecule has 18 heavy (non-hydrogen) atoms. The van der Waals surface area contributed by atoms with Gasteiger partial charge in [-0.25, -0.2) is 9.18 Å². The molecule has 6 heteroatoms. The summed E-state index contributed by atoms with van der Waals surface area (Å²) in [6, 6.07) is 4.14. The number of halogens is 2. The maximum Gasteiger partial charge on any atom is 0.317 e. The molecule has 2 rings (SSSR count). The van der Waals surface area contributed by atoms with Gasteiger partial charge in [0.05, 0.1) is 0 Å². The summed E-state index contributed by atoms with van der Waals surface area (Å²) in [5, 5.41) is 6.32. The van der Waals surface area contributed by atoms with E-state index in [4.69, 9.17) is 11.6 Å². The summed E-state index contributed by atoms with van der Waals surface area (Å²) in [6.45, 7) is 3.07. The summed E-state index contributed by atoms with van der Waals surface area (Å²) in [5.41, 5.74) is 0.394. The molecule has 0 aliphatic carbocycles. The van der Waals surface area contributed by atoms with Gasteiger partial charge in [-0.05, 0) is 18.2 Å². The van der Waals surface area contributed by atoms with Gasteiger partial charge in [0.1, 0.15) is 5.82 Å². The molecule has 0 aromatic heterocycles. The third kappa shape index (κ3) is 3.34. The zero-order valence-corrected chi connectivity index (χ0v) is 10.6. The Morgan fingerprint density at radius 3 is 2.89 bits per heavy atom. The number of piperazine rings is 1. The van der Waals surface area contributed by atoms with Gasteiger partial charge in [0.2, 0.25) is 0 Å². The van der Waals surface area contributed by atoms with E-state index in [9.17, 15) is 9.18 Å². The van der Waals surface area contributed by atoms with E-state index in [0.29, 0.717) is 23.7 Å². The van der Waals surface area contributed by atoms with Gasteiger partial charge in [0.15, 0.2) is 0 Å². The SMILES string of the molecule is O=C(NCc1cc(Cl)ccc1F)N1CCNCC1. The number of hydrogen-bond donors (Lipinski definition) is 2. The van der Waals surface area contributed by atoms with E-state index in [0.717, 1.165) is 13.1 Å². The highest BCUT2D eigenvalue weighted by Crippen LogP contribution is 2.14. The monoisotopic (exact) mass is 271 g/mol. The molecule has 1 aliphatic heterocycles. The predicted octanol–water partition coefficient (Wildman–Crippen LogP) is 1.59. The van der Waals surface area contributed by atoms with Crippen LogP contribution in [0.5, 0.6) is 0 Å². The lowest BCUT2D eigenvalue weighted by atomic mass is 10.2. The Kier molecular flexibility index (Phi) is 4.38. The summed E-state index contributed by atoms with van der Waals surface area (Å²) in [7, 11) is 0. The second-order valence-corrected chi connectivity index (χ2v) is 4.57. The molecule has 0 saturated carbocycles. The Balaban J connectivity index is 1.90. The topological polar surface area (TPSA) is 44.4 Å². The van der Waals surface area contributed by atoms with Crippen molar-refractivity contribution in [2.75, 3.05) is 26.2 Å². The first-order valence-electron chi connectivity index (χ1n) is 5.84. The fourth-order valence-corrected chi connectivity index (χ4v) is 2.02. The van der Waals surface area contributed by atoms with Crippen molar-refractivity contribution in [2.45, 2.75) is 6.54 Å². The molecule has 0 radical (unpaired) electrons. The number of urea groups is 1. The number of rotatable bonds is 2. The van der Waals surface area contributed by atoms with Crippen molar-refractivity contribution in [1.82, 2.24) is 15.5 Å². The van der Waals surface area contributed by atoms with Crippen molar-refractivity contribution in [1.29, 1.82) is 0 Å². The summed E-state index contributed by atoms with van der Waals surface area (Å²) >= 11 is 5.78. The average molecular weight is 272 g/mol. The number of nitrogens with one attached hydrogen (secondary N) is 2. The van der Waals surface area contributed by atoms with E-state index in [1.165, 1.54) is 18.2 Å². The van der Waals surface area contributed by atoms with Crippen LogP contribution in [0, 0.1) is 5.82 Å². The molecule has 98 valence electrons. The molecular weight excluding hydrogens is 257 g/mol. The first-order chi connectivity index (χ1) is 8.66. The van der Waals surface area contributed by atoms with Crippen molar-refractivity contribution in [3.05, 3.63) is 34.6 Å². The molecule has 0 bridgehead atoms. The Hall–Kier alpha value is -1.33. The third-order valence-corrected chi connectivity index (χ3v) is 3.08. The van der Waals surface area contributed by atoms with Crippen molar-refractivity contribution in [3.63, 3.8) is 0 Å². The highest BCUT2D eigenvalue weighted by molar-refractivity contribution is 6.30. The summed E-state index contributed by atoms with van der Waals surface area (Å²) in [4.78, 5) is 13.5. The lowest BCUT2D eigenvalue weighted by Gasteiger charge is -2.27. The largest absolute Gasteiger partial charge is 0.334 e. The number of carbonyl (C=O) groups is 1. The molecule has 1 fully saturated rings. The zero-order chi connectivity index (χ0) is 13.0. The third-order valence-electron chi connectivity index (χ3n) is 2.84. The Labute approximate surface area is 110 Å². The van der Waals surface area contributed by atoms with Crippen LogP contribution in [0.25, 0.3) is 0 Å². The minimum absolute atomic E-state index is 0.148. The standard InChI is InChI=1S/C12H15ClFN3O/c13-10-1-2-11(14)9(7-10)8-16-12(18)17-5-3-15-4-6-17/h1-2,7,15H,3-6,8H2,(H,16,18).